The van der Waals surface area contributed by atoms with E-state index in [0.717, 1.165) is 45.2 Å². The van der Waals surface area contributed by atoms with Gasteiger partial charge in [0.05, 0.1) is 0 Å². The van der Waals surface area contributed by atoms with Crippen LogP contribution in [0.2, 0.25) is 0 Å². The van der Waals surface area contributed by atoms with Crippen LogP contribution in [-0.2, 0) is 9.59 Å². The highest BCUT2D eigenvalue weighted by Crippen LogP contribution is 2.34. The fourth-order valence-corrected chi connectivity index (χ4v) is 6.01. The van der Waals surface area contributed by atoms with E-state index in [1.165, 1.54) is 30.3 Å². The molecule has 5 rings (SSSR count). The van der Waals surface area contributed by atoms with E-state index in [2.05, 4.69) is 21.1 Å². The standard InChI is InChI=1S/C25H32F3N5O3/c26-25(27,28)36-20-5-1-16(2-6-20)3-8-23(34)33-14-18-9-11-32(12-10-19(18)15-33)24(35)17-4-7-21-22(13-17)30-31-29-21/h1-3,5-6,8,17-19,21-22,29-31H,4,7,9-15H2/b8-3+/t17?,18-,19+,21?,22?. The summed E-state index contributed by atoms with van der Waals surface area (Å²) in [6.07, 6.45) is 2.87. The molecule has 1 aliphatic carbocycles. The van der Waals surface area contributed by atoms with Gasteiger partial charge in [-0.3, -0.25) is 9.59 Å². The molecular weight excluding hydrogens is 475 g/mol. The zero-order chi connectivity index (χ0) is 25.3. The van der Waals surface area contributed by atoms with Crippen LogP contribution in [-0.4, -0.2) is 66.2 Å². The molecule has 196 valence electrons. The molecule has 0 spiro atoms. The van der Waals surface area contributed by atoms with Gasteiger partial charge in [-0.15, -0.1) is 13.2 Å². The number of hydrogen-bond acceptors (Lipinski definition) is 6. The molecule has 3 heterocycles. The van der Waals surface area contributed by atoms with E-state index in [0.29, 0.717) is 36.5 Å². The highest BCUT2D eigenvalue weighted by atomic mass is 19.4. The molecule has 0 aromatic heterocycles. The number of fused-ring (bicyclic) bond motifs is 2. The molecule has 1 aromatic carbocycles. The van der Waals surface area contributed by atoms with Gasteiger partial charge in [-0.1, -0.05) is 12.1 Å². The van der Waals surface area contributed by atoms with Crippen LogP contribution in [0.5, 0.6) is 5.75 Å². The van der Waals surface area contributed by atoms with Crippen molar-refractivity contribution in [3.63, 3.8) is 0 Å². The van der Waals surface area contributed by atoms with Crippen molar-refractivity contribution < 1.29 is 27.5 Å². The van der Waals surface area contributed by atoms with Crippen molar-refractivity contribution in [2.75, 3.05) is 26.2 Å². The number of nitrogens with zero attached hydrogens (tertiary/aromatic N) is 2. The van der Waals surface area contributed by atoms with Gasteiger partial charge in [0.2, 0.25) is 11.8 Å². The molecule has 36 heavy (non-hydrogen) atoms. The predicted octanol–water partition coefficient (Wildman–Crippen LogP) is 2.45. The number of alkyl halides is 3. The Hall–Kier alpha value is -2.63. The largest absolute Gasteiger partial charge is 0.573 e. The number of nitrogens with one attached hydrogen (secondary N) is 3. The van der Waals surface area contributed by atoms with Crippen LogP contribution >= 0.6 is 0 Å². The molecule has 4 aliphatic rings. The van der Waals surface area contributed by atoms with E-state index in [1.54, 1.807) is 6.08 Å². The van der Waals surface area contributed by atoms with Crippen LogP contribution < -0.4 is 21.1 Å². The Morgan fingerprint density at radius 2 is 1.58 bits per heavy atom. The summed E-state index contributed by atoms with van der Waals surface area (Å²) >= 11 is 0. The summed E-state index contributed by atoms with van der Waals surface area (Å²) in [5.74, 6) is 0.685. The van der Waals surface area contributed by atoms with Crippen molar-refractivity contribution in [3.05, 3.63) is 35.9 Å². The molecule has 4 fully saturated rings. The summed E-state index contributed by atoms with van der Waals surface area (Å²) in [6, 6.07) is 6.08. The Labute approximate surface area is 208 Å². The average Bonchev–Trinajstić information content (AvgIpc) is 3.44. The fraction of sp³-hybridized carbons (Fsp3) is 0.600. The highest BCUT2D eigenvalue weighted by Gasteiger charge is 2.41. The van der Waals surface area contributed by atoms with E-state index in [9.17, 15) is 22.8 Å². The second-order valence-electron chi connectivity index (χ2n) is 10.3. The van der Waals surface area contributed by atoms with Crippen LogP contribution in [0, 0.1) is 17.8 Å². The van der Waals surface area contributed by atoms with Crippen molar-refractivity contribution in [2.45, 2.75) is 50.6 Å². The third kappa shape index (κ3) is 5.84. The number of amides is 2. The summed E-state index contributed by atoms with van der Waals surface area (Å²) in [4.78, 5) is 29.9. The van der Waals surface area contributed by atoms with Crippen LogP contribution in [0.3, 0.4) is 0 Å². The lowest BCUT2D eigenvalue weighted by Gasteiger charge is -2.33. The normalized spacial score (nSPS) is 30.7. The Balaban J connectivity index is 1.10. The monoisotopic (exact) mass is 507 g/mol. The zero-order valence-electron chi connectivity index (χ0n) is 20.0. The Morgan fingerprint density at radius 1 is 0.917 bits per heavy atom. The number of carbonyl (C=O) groups excluding carboxylic acids is 2. The van der Waals surface area contributed by atoms with Crippen molar-refractivity contribution >= 4 is 17.9 Å². The minimum absolute atomic E-state index is 0.0655. The molecule has 0 bridgehead atoms. The van der Waals surface area contributed by atoms with E-state index in [1.807, 2.05) is 9.80 Å². The third-order valence-electron chi connectivity index (χ3n) is 7.99. The van der Waals surface area contributed by atoms with Crippen LogP contribution in [0.25, 0.3) is 6.08 Å². The van der Waals surface area contributed by atoms with E-state index in [-0.39, 0.29) is 29.5 Å². The molecule has 8 nitrogen and oxygen atoms in total. The van der Waals surface area contributed by atoms with Gasteiger partial charge in [0.1, 0.15) is 5.75 Å². The third-order valence-corrected chi connectivity index (χ3v) is 7.99. The predicted molar refractivity (Wildman–Crippen MR) is 126 cm³/mol. The van der Waals surface area contributed by atoms with Crippen molar-refractivity contribution in [2.24, 2.45) is 17.8 Å². The van der Waals surface area contributed by atoms with Gasteiger partial charge in [0.25, 0.3) is 0 Å². The molecule has 2 amide bonds. The lowest BCUT2D eigenvalue weighted by Crippen LogP contribution is -2.46. The maximum atomic E-state index is 13.2. The molecule has 3 saturated heterocycles. The Kier molecular flexibility index (Phi) is 7.23. The number of hydrazine groups is 2. The molecule has 1 saturated carbocycles. The molecule has 1 aromatic rings. The van der Waals surface area contributed by atoms with E-state index in [4.69, 9.17) is 0 Å². The van der Waals surface area contributed by atoms with Gasteiger partial charge >= 0.3 is 6.36 Å². The van der Waals surface area contributed by atoms with Crippen molar-refractivity contribution in [3.8, 4) is 5.75 Å². The van der Waals surface area contributed by atoms with Crippen LogP contribution in [0.4, 0.5) is 13.2 Å². The summed E-state index contributed by atoms with van der Waals surface area (Å²) < 4.78 is 40.8. The number of ether oxygens (including phenoxy) is 1. The highest BCUT2D eigenvalue weighted by molar-refractivity contribution is 5.92. The molecule has 3 unspecified atom stereocenters. The molecule has 5 atom stereocenters. The fourth-order valence-electron chi connectivity index (χ4n) is 6.01. The molecule has 3 N–H and O–H groups in total. The SMILES string of the molecule is O=C(/C=C/c1ccc(OC(F)(F)F)cc1)N1C[C@H]2CCN(C(=O)C3CCC4NNNC4C3)CC[C@H]2C1. The topological polar surface area (TPSA) is 85.9 Å². The number of hydrogen-bond donors (Lipinski definition) is 3. The number of likely N-dealkylation sites (tertiary alicyclic amines) is 2. The van der Waals surface area contributed by atoms with E-state index >= 15 is 0 Å². The Bertz CT molecular complexity index is 970. The Morgan fingerprint density at radius 3 is 2.25 bits per heavy atom. The number of halogens is 3. The van der Waals surface area contributed by atoms with Crippen LogP contribution in [0.15, 0.2) is 30.3 Å². The van der Waals surface area contributed by atoms with Gasteiger partial charge in [-0.25, -0.2) is 10.9 Å². The maximum Gasteiger partial charge on any atom is 0.573 e. The van der Waals surface area contributed by atoms with Crippen molar-refractivity contribution in [1.29, 1.82) is 0 Å². The van der Waals surface area contributed by atoms with Gasteiger partial charge < -0.3 is 14.5 Å². The lowest BCUT2D eigenvalue weighted by atomic mass is 9.82. The van der Waals surface area contributed by atoms with Crippen molar-refractivity contribution in [1.82, 2.24) is 26.2 Å². The van der Waals surface area contributed by atoms with Gasteiger partial charge in [0.15, 0.2) is 0 Å². The van der Waals surface area contributed by atoms with Crippen LogP contribution in [0.1, 0.15) is 37.7 Å². The average molecular weight is 508 g/mol. The maximum absolute atomic E-state index is 13.2. The first-order chi connectivity index (χ1) is 17.2. The van der Waals surface area contributed by atoms with E-state index < -0.39 is 6.36 Å². The van der Waals surface area contributed by atoms with Gasteiger partial charge in [-0.05, 0) is 67.7 Å². The molecule has 0 radical (unpaired) electrons. The number of benzene rings is 1. The summed E-state index contributed by atoms with van der Waals surface area (Å²) in [7, 11) is 0. The first-order valence-electron chi connectivity index (χ1n) is 12.6. The minimum Gasteiger partial charge on any atom is -0.406 e. The first kappa shape index (κ1) is 25.0. The summed E-state index contributed by atoms with van der Waals surface area (Å²) in [5, 5.41) is 0. The minimum atomic E-state index is -4.73. The quantitative estimate of drug-likeness (QED) is 0.543. The number of rotatable bonds is 4. The van der Waals surface area contributed by atoms with Gasteiger partial charge in [0, 0.05) is 50.3 Å². The summed E-state index contributed by atoms with van der Waals surface area (Å²) in [6.45, 7) is 2.81. The zero-order valence-corrected chi connectivity index (χ0v) is 20.0. The molecule has 3 aliphatic heterocycles. The first-order valence-corrected chi connectivity index (χ1v) is 12.6. The second kappa shape index (κ2) is 10.4. The summed E-state index contributed by atoms with van der Waals surface area (Å²) in [5.41, 5.74) is 10.0. The second-order valence-corrected chi connectivity index (χ2v) is 10.3. The van der Waals surface area contributed by atoms with Gasteiger partial charge in [-0.2, -0.15) is 5.53 Å². The molecule has 11 heteroatoms. The smallest absolute Gasteiger partial charge is 0.406 e. The number of carbonyl (C=O) groups is 2. The lowest BCUT2D eigenvalue weighted by molar-refractivity contribution is -0.274. The molecular formula is C25H32F3N5O3.